The van der Waals surface area contributed by atoms with Gasteiger partial charge in [-0.3, -0.25) is 24.0 Å². The quantitative estimate of drug-likeness (QED) is 0.0210. The summed E-state index contributed by atoms with van der Waals surface area (Å²) in [5, 5.41) is 28.8. The Labute approximate surface area is 492 Å². The number of primary amides is 1. The van der Waals surface area contributed by atoms with E-state index in [1.807, 2.05) is 0 Å². The molecule has 2 saturated heterocycles. The summed E-state index contributed by atoms with van der Waals surface area (Å²) in [4.78, 5) is 113. The van der Waals surface area contributed by atoms with Crippen molar-refractivity contribution in [2.24, 2.45) is 11.1 Å². The number of aliphatic hydroxyl groups is 2. The zero-order chi connectivity index (χ0) is 61.1. The standard InChI is InChI=1S/C61H73N7O17/c1-7-22-83-57(75)61(19-13-20-61)56(74)64-42(14-12-21-63-58(62)76)47(69)28-38-15-17-39(18-16-38)35-85-60(78)68-44-32-51(49(80-6)30-41(44)53(71)66-34-37(4)27-46(66)55(68)73)82-25-11-9-10-24-81-50-31-43-40(29-48(50)79-5)52(70)65-33-36(3)26-45(65)54(72)67(43)59(77)84-23-8-2/h7-8,15-18,29-32,42,45-46,54-55,72-73H,1-4,9-14,19-28,33-35H2,5-6H3,(H,64,74)(H3,62,63,76)/t42-,45-,46-,54-,55-/m0/s1. The van der Waals surface area contributed by atoms with Crippen LogP contribution in [-0.4, -0.2) is 159 Å². The summed E-state index contributed by atoms with van der Waals surface area (Å²) in [5.74, 6) is -1.72. The van der Waals surface area contributed by atoms with E-state index in [1.165, 1.54) is 60.4 Å². The molecule has 24 nitrogen and oxygen atoms in total. The van der Waals surface area contributed by atoms with E-state index in [2.05, 4.69) is 36.9 Å². The molecule has 8 rings (SSSR count). The Morgan fingerprint density at radius 3 is 1.69 bits per heavy atom. The van der Waals surface area contributed by atoms with Gasteiger partial charge >= 0.3 is 24.2 Å². The lowest BCUT2D eigenvalue weighted by Crippen LogP contribution is -2.55. The minimum Gasteiger partial charge on any atom is -0.493 e. The number of nitrogens with one attached hydrogen (secondary N) is 2. The number of urea groups is 1. The van der Waals surface area contributed by atoms with Crippen molar-refractivity contribution >= 4 is 59.1 Å². The number of methoxy groups -OCH3 is 2. The Hall–Kier alpha value is -8.90. The summed E-state index contributed by atoms with van der Waals surface area (Å²) < 4.78 is 40.1. The maximum Gasteiger partial charge on any atom is 0.416 e. The first kappa shape index (κ1) is 62.2. The second-order valence-corrected chi connectivity index (χ2v) is 21.4. The second kappa shape index (κ2) is 27.7. The van der Waals surface area contributed by atoms with Gasteiger partial charge in [-0.05, 0) is 81.0 Å². The van der Waals surface area contributed by atoms with E-state index >= 15 is 0 Å². The van der Waals surface area contributed by atoms with Crippen LogP contribution in [0.2, 0.25) is 0 Å². The first-order valence-corrected chi connectivity index (χ1v) is 28.1. The summed E-state index contributed by atoms with van der Waals surface area (Å²) in [6, 6.07) is 9.13. The van der Waals surface area contributed by atoms with Gasteiger partial charge in [0.2, 0.25) is 5.91 Å². The van der Waals surface area contributed by atoms with Crippen LogP contribution in [0.4, 0.5) is 25.8 Å². The SMILES string of the molecule is C=CCOC(=O)N1c2cc(OCCCCCOc3cc4c(cc3OC)C(=O)N3CC(=C)C[C@H]3[C@H](O)N4C(=O)OCc3ccc(CC(=O)[C@H](CCCNC(N)=O)NC(=O)C4(C(=O)OCC=C)CCC4)cc3)c(OC)cc2C(=O)N2CC(=C)C[C@H]2[C@@H]1O. The van der Waals surface area contributed by atoms with Crippen LogP contribution in [0.5, 0.6) is 23.0 Å². The van der Waals surface area contributed by atoms with E-state index in [0.717, 1.165) is 15.4 Å². The number of amides is 7. The fourth-order valence-corrected chi connectivity index (χ4v) is 11.1. The van der Waals surface area contributed by atoms with Gasteiger partial charge in [-0.15, -0.1) is 0 Å². The number of unbranched alkanes of at least 4 members (excludes halogenated alkanes) is 2. The van der Waals surface area contributed by atoms with E-state index < -0.39 is 77.9 Å². The molecule has 85 heavy (non-hydrogen) atoms. The maximum absolute atomic E-state index is 14.3. The van der Waals surface area contributed by atoms with Crippen molar-refractivity contribution in [1.29, 1.82) is 0 Å². The van der Waals surface area contributed by atoms with Crippen molar-refractivity contribution < 1.29 is 81.7 Å². The number of Topliss-reactive ketones (excluding diaryl/α,β-unsaturated/α-hetero) is 1. The molecule has 24 heteroatoms. The number of ketones is 1. The zero-order valence-electron chi connectivity index (χ0n) is 47.8. The van der Waals surface area contributed by atoms with E-state index in [9.17, 15) is 48.6 Å². The number of esters is 1. The molecular formula is C61H73N7O17. The van der Waals surface area contributed by atoms with Crippen LogP contribution in [0.1, 0.15) is 96.1 Å². The van der Waals surface area contributed by atoms with Gasteiger partial charge in [0.15, 0.2) is 41.2 Å². The fraction of sp³-hybridized carbons (Fsp3) is 0.443. The monoisotopic (exact) mass is 1180 g/mol. The highest BCUT2D eigenvalue weighted by atomic mass is 16.6. The number of benzene rings is 3. The first-order chi connectivity index (χ1) is 40.8. The molecule has 5 atom stereocenters. The fourth-order valence-electron chi connectivity index (χ4n) is 11.1. The van der Waals surface area contributed by atoms with Crippen LogP contribution in [0.3, 0.4) is 0 Å². The number of ether oxygens (including phenoxy) is 7. The van der Waals surface area contributed by atoms with Crippen molar-refractivity contribution in [1.82, 2.24) is 20.4 Å². The minimum atomic E-state index is -1.57. The third kappa shape index (κ3) is 13.7. The van der Waals surface area contributed by atoms with Gasteiger partial charge in [0.1, 0.15) is 25.2 Å². The molecule has 0 spiro atoms. The highest BCUT2D eigenvalue weighted by molar-refractivity contribution is 6.08. The van der Waals surface area contributed by atoms with Gasteiger partial charge in [0, 0.05) is 38.2 Å². The molecule has 0 bridgehead atoms. The number of nitrogens with zero attached hydrogens (tertiary/aromatic N) is 4. The van der Waals surface area contributed by atoms with Gasteiger partial charge in [0.25, 0.3) is 11.8 Å². The molecule has 4 aliphatic heterocycles. The minimum absolute atomic E-state index is 0.0202. The Balaban J connectivity index is 0.910. The molecule has 5 aliphatic rings. The van der Waals surface area contributed by atoms with Crippen LogP contribution in [-0.2, 0) is 41.6 Å². The van der Waals surface area contributed by atoms with E-state index in [4.69, 9.17) is 38.9 Å². The molecule has 0 unspecified atom stereocenters. The lowest BCUT2D eigenvalue weighted by molar-refractivity contribution is -0.167. The van der Waals surface area contributed by atoms with Crippen LogP contribution >= 0.6 is 0 Å². The highest BCUT2D eigenvalue weighted by Gasteiger charge is 2.53. The molecule has 0 aromatic heterocycles. The molecule has 3 aromatic carbocycles. The first-order valence-electron chi connectivity index (χ1n) is 28.1. The number of rotatable bonds is 26. The number of hydrogen-bond donors (Lipinski definition) is 5. The van der Waals surface area contributed by atoms with E-state index in [-0.39, 0.29) is 142 Å². The number of aliphatic hydroxyl groups excluding tert-OH is 2. The maximum atomic E-state index is 14.3. The smallest absolute Gasteiger partial charge is 0.416 e. The number of hydrogen-bond acceptors (Lipinski definition) is 17. The molecule has 1 aliphatic carbocycles. The predicted octanol–water partition coefficient (Wildman–Crippen LogP) is 5.75. The van der Waals surface area contributed by atoms with E-state index in [0.29, 0.717) is 48.8 Å². The zero-order valence-corrected chi connectivity index (χ0v) is 47.8. The molecule has 3 aromatic rings. The average molecular weight is 1180 g/mol. The summed E-state index contributed by atoms with van der Waals surface area (Å²) in [5.41, 5.74) is 6.56. The lowest BCUT2D eigenvalue weighted by Gasteiger charge is -2.38. The Morgan fingerprint density at radius 1 is 0.706 bits per heavy atom. The van der Waals surface area contributed by atoms with Crippen molar-refractivity contribution in [2.75, 3.05) is 70.1 Å². The number of carbonyl (C=O) groups excluding carboxylic acids is 8. The Morgan fingerprint density at radius 2 is 1.21 bits per heavy atom. The molecule has 7 amide bonds. The van der Waals surface area contributed by atoms with Crippen LogP contribution in [0.25, 0.3) is 0 Å². The number of fused-ring (bicyclic) bond motifs is 4. The Kier molecular flexibility index (Phi) is 20.2. The molecule has 0 radical (unpaired) electrons. The summed E-state index contributed by atoms with van der Waals surface area (Å²) in [7, 11) is 2.83. The number of carbonyl (C=O) groups is 8. The second-order valence-electron chi connectivity index (χ2n) is 21.4. The molecule has 454 valence electrons. The molecule has 3 fully saturated rings. The average Bonchev–Trinajstić information content (AvgIpc) is 2.21. The number of nitrogens with two attached hydrogens (primary N) is 1. The lowest BCUT2D eigenvalue weighted by atomic mass is 9.68. The van der Waals surface area contributed by atoms with Crippen molar-refractivity contribution in [3.8, 4) is 23.0 Å². The molecule has 6 N–H and O–H groups in total. The molecule has 1 saturated carbocycles. The summed E-state index contributed by atoms with van der Waals surface area (Å²) in [6.45, 7) is 15.5. The normalized spacial score (nSPS) is 19.5. The topological polar surface area (TPSA) is 305 Å². The van der Waals surface area contributed by atoms with Crippen molar-refractivity contribution in [3.05, 3.63) is 120 Å². The van der Waals surface area contributed by atoms with E-state index in [1.54, 1.807) is 24.3 Å². The Bertz CT molecular complexity index is 3110. The summed E-state index contributed by atoms with van der Waals surface area (Å²) in [6.07, 6.45) is 1.49. The van der Waals surface area contributed by atoms with Crippen molar-refractivity contribution in [3.63, 3.8) is 0 Å². The van der Waals surface area contributed by atoms with Crippen molar-refractivity contribution in [2.45, 2.75) is 108 Å². The van der Waals surface area contributed by atoms with Gasteiger partial charge in [-0.25, -0.2) is 24.2 Å². The van der Waals surface area contributed by atoms with Gasteiger partial charge in [0.05, 0.1) is 68.1 Å². The van der Waals surface area contributed by atoms with Gasteiger partial charge in [-0.1, -0.05) is 80.3 Å². The predicted molar refractivity (Wildman–Crippen MR) is 308 cm³/mol. The van der Waals surface area contributed by atoms with Crippen LogP contribution in [0.15, 0.2) is 98.1 Å². The third-order valence-electron chi connectivity index (χ3n) is 15.7. The molecular weight excluding hydrogens is 1100 g/mol. The number of anilines is 2. The highest BCUT2D eigenvalue weighted by Crippen LogP contribution is 2.45. The van der Waals surface area contributed by atoms with Crippen LogP contribution in [0, 0.1) is 5.41 Å². The largest absolute Gasteiger partial charge is 0.493 e. The van der Waals surface area contributed by atoms with Crippen LogP contribution < -0.4 is 45.1 Å². The summed E-state index contributed by atoms with van der Waals surface area (Å²) >= 11 is 0. The van der Waals surface area contributed by atoms with Gasteiger partial charge in [-0.2, -0.15) is 0 Å². The molecule has 4 heterocycles. The third-order valence-corrected chi connectivity index (χ3v) is 15.7. The van der Waals surface area contributed by atoms with Gasteiger partial charge < -0.3 is 69.5 Å².